The number of aliphatic carboxylic acids is 1. The van der Waals surface area contributed by atoms with Crippen molar-refractivity contribution in [2.75, 3.05) is 0 Å². The Bertz CT molecular complexity index is 399. The lowest BCUT2D eigenvalue weighted by molar-refractivity contribution is -0.138. The van der Waals surface area contributed by atoms with Crippen molar-refractivity contribution in [3.63, 3.8) is 0 Å². The van der Waals surface area contributed by atoms with Gasteiger partial charge < -0.3 is 15.9 Å². The van der Waals surface area contributed by atoms with Crippen molar-refractivity contribution < 1.29 is 23.8 Å². The van der Waals surface area contributed by atoms with Crippen LogP contribution in [0.2, 0.25) is 0 Å². The minimum absolute atomic E-state index is 0.159. The molecule has 4 nitrogen and oxygen atoms in total. The number of halogens is 3. The largest absolute Gasteiger partial charge is 0.506 e. The summed E-state index contributed by atoms with van der Waals surface area (Å²) in [6.45, 7) is 0. The Morgan fingerprint density at radius 1 is 1.53 bits per heavy atom. The van der Waals surface area contributed by atoms with E-state index in [-0.39, 0.29) is 4.47 Å². The van der Waals surface area contributed by atoms with Crippen LogP contribution in [0.3, 0.4) is 0 Å². The molecule has 0 aliphatic heterocycles. The summed E-state index contributed by atoms with van der Waals surface area (Å²) in [5, 5.41) is 17.9. The zero-order valence-electron chi connectivity index (χ0n) is 7.17. The second-order valence-electron chi connectivity index (χ2n) is 2.73. The van der Waals surface area contributed by atoms with Gasteiger partial charge in [-0.05, 0) is 22.0 Å². The molecule has 0 amide bonds. The van der Waals surface area contributed by atoms with Crippen LogP contribution < -0.4 is 5.73 Å². The number of carboxylic acid groups (broad SMARTS) is 1. The molecule has 0 aromatic heterocycles. The van der Waals surface area contributed by atoms with Gasteiger partial charge in [0.2, 0.25) is 0 Å². The highest BCUT2D eigenvalue weighted by Crippen LogP contribution is 2.34. The molecular formula is C8H6BrF2NO3. The van der Waals surface area contributed by atoms with Crippen LogP contribution in [0.25, 0.3) is 0 Å². The lowest BCUT2D eigenvalue weighted by Crippen LogP contribution is -2.22. The number of hydrogen-bond donors (Lipinski definition) is 3. The topological polar surface area (TPSA) is 83.6 Å². The number of phenols is 1. The smallest absolute Gasteiger partial charge is 0.325 e. The maximum Gasteiger partial charge on any atom is 0.325 e. The fourth-order valence-electron chi connectivity index (χ4n) is 1.01. The van der Waals surface area contributed by atoms with Crippen LogP contribution in [-0.4, -0.2) is 16.2 Å². The van der Waals surface area contributed by atoms with Crippen LogP contribution in [0.4, 0.5) is 8.78 Å². The molecule has 1 aromatic carbocycles. The van der Waals surface area contributed by atoms with Crippen LogP contribution in [0.15, 0.2) is 10.5 Å². The maximum atomic E-state index is 13.2. The SMILES string of the molecule is N[C@H](C(=O)O)c1c(O)c(Br)cc(F)c1F. The quantitative estimate of drug-likeness (QED) is 0.718. The summed E-state index contributed by atoms with van der Waals surface area (Å²) >= 11 is 2.74. The number of aromatic hydroxyl groups is 1. The maximum absolute atomic E-state index is 13.2. The molecule has 0 saturated carbocycles. The van der Waals surface area contributed by atoms with Gasteiger partial charge in [-0.1, -0.05) is 0 Å². The zero-order valence-corrected chi connectivity index (χ0v) is 8.75. The van der Waals surface area contributed by atoms with Crippen molar-refractivity contribution in [1.29, 1.82) is 0 Å². The summed E-state index contributed by atoms with van der Waals surface area (Å²) in [6, 6.07) is -1.14. The lowest BCUT2D eigenvalue weighted by atomic mass is 10.1. The fraction of sp³-hybridized carbons (Fsp3) is 0.125. The highest BCUT2D eigenvalue weighted by atomic mass is 79.9. The van der Waals surface area contributed by atoms with E-state index in [0.29, 0.717) is 6.07 Å². The average Bonchev–Trinajstić information content (AvgIpc) is 2.15. The fourth-order valence-corrected chi connectivity index (χ4v) is 1.43. The molecule has 15 heavy (non-hydrogen) atoms. The zero-order chi connectivity index (χ0) is 11.7. The van der Waals surface area contributed by atoms with Gasteiger partial charge in [0.05, 0.1) is 10.0 Å². The highest BCUT2D eigenvalue weighted by Gasteiger charge is 2.26. The van der Waals surface area contributed by atoms with E-state index in [1.165, 1.54) is 0 Å². The van der Waals surface area contributed by atoms with Gasteiger partial charge in [0.1, 0.15) is 11.8 Å². The number of nitrogens with two attached hydrogens (primary N) is 1. The summed E-state index contributed by atoms with van der Waals surface area (Å²) < 4.78 is 25.9. The molecule has 1 aromatic rings. The molecular weight excluding hydrogens is 276 g/mol. The lowest BCUT2D eigenvalue weighted by Gasteiger charge is -2.11. The Kier molecular flexibility index (Phi) is 3.25. The van der Waals surface area contributed by atoms with Crippen molar-refractivity contribution >= 4 is 21.9 Å². The number of rotatable bonds is 2. The third-order valence-electron chi connectivity index (χ3n) is 1.76. The van der Waals surface area contributed by atoms with E-state index < -0.39 is 35.0 Å². The van der Waals surface area contributed by atoms with Gasteiger partial charge in [-0.25, -0.2) is 8.78 Å². The molecule has 0 bridgehead atoms. The van der Waals surface area contributed by atoms with Gasteiger partial charge in [-0.2, -0.15) is 0 Å². The van der Waals surface area contributed by atoms with Crippen LogP contribution in [0.5, 0.6) is 5.75 Å². The van der Waals surface area contributed by atoms with Crippen molar-refractivity contribution in [3.8, 4) is 5.75 Å². The van der Waals surface area contributed by atoms with Gasteiger partial charge in [0, 0.05) is 0 Å². The standard InChI is InChI=1S/C8H6BrF2NO3/c9-2-1-3(10)5(11)4(7(2)13)6(12)8(14)15/h1,6,13H,12H2,(H,14,15)/t6-/m0/s1. The van der Waals surface area contributed by atoms with Crippen molar-refractivity contribution in [2.24, 2.45) is 5.73 Å². The summed E-state index contributed by atoms with van der Waals surface area (Å²) in [7, 11) is 0. The third-order valence-corrected chi connectivity index (χ3v) is 2.36. The average molecular weight is 282 g/mol. The summed E-state index contributed by atoms with van der Waals surface area (Å²) in [4.78, 5) is 10.5. The molecule has 7 heteroatoms. The first kappa shape index (κ1) is 11.9. The molecule has 0 unspecified atom stereocenters. The number of phenolic OH excluding ortho intramolecular Hbond substituents is 1. The molecule has 1 atom stereocenters. The minimum Gasteiger partial charge on any atom is -0.506 e. The van der Waals surface area contributed by atoms with E-state index in [2.05, 4.69) is 15.9 Å². The van der Waals surface area contributed by atoms with Crippen molar-refractivity contribution in [1.82, 2.24) is 0 Å². The van der Waals surface area contributed by atoms with E-state index in [1.807, 2.05) is 0 Å². The first-order valence-corrected chi connectivity index (χ1v) is 4.50. The number of carbonyl (C=O) groups is 1. The molecule has 4 N–H and O–H groups in total. The minimum atomic E-state index is -1.82. The molecule has 1 rings (SSSR count). The van der Waals surface area contributed by atoms with Gasteiger partial charge >= 0.3 is 5.97 Å². The van der Waals surface area contributed by atoms with E-state index in [9.17, 15) is 18.7 Å². The van der Waals surface area contributed by atoms with Gasteiger partial charge in [-0.15, -0.1) is 0 Å². The monoisotopic (exact) mass is 281 g/mol. The molecule has 82 valence electrons. The van der Waals surface area contributed by atoms with E-state index in [0.717, 1.165) is 0 Å². The first-order valence-electron chi connectivity index (χ1n) is 3.71. The van der Waals surface area contributed by atoms with Gasteiger partial charge in [-0.3, -0.25) is 4.79 Å². The normalized spacial score (nSPS) is 12.5. The van der Waals surface area contributed by atoms with Crippen LogP contribution in [0.1, 0.15) is 11.6 Å². The Morgan fingerprint density at radius 3 is 2.53 bits per heavy atom. The molecule has 0 spiro atoms. The predicted molar refractivity (Wildman–Crippen MR) is 50.3 cm³/mol. The second-order valence-corrected chi connectivity index (χ2v) is 3.59. The molecule has 0 aliphatic carbocycles. The van der Waals surface area contributed by atoms with Gasteiger partial charge in [0.25, 0.3) is 0 Å². The number of benzene rings is 1. The van der Waals surface area contributed by atoms with E-state index in [4.69, 9.17) is 10.8 Å². The Hall–Kier alpha value is -1.21. The number of hydrogen-bond acceptors (Lipinski definition) is 3. The highest BCUT2D eigenvalue weighted by molar-refractivity contribution is 9.10. The van der Waals surface area contributed by atoms with Crippen molar-refractivity contribution in [3.05, 3.63) is 27.7 Å². The summed E-state index contributed by atoms with van der Waals surface area (Å²) in [5.74, 6) is -5.04. The van der Waals surface area contributed by atoms with E-state index in [1.54, 1.807) is 0 Å². The summed E-state index contributed by atoms with van der Waals surface area (Å²) in [5.41, 5.74) is 4.31. The van der Waals surface area contributed by atoms with Crippen molar-refractivity contribution in [2.45, 2.75) is 6.04 Å². The molecule has 0 saturated heterocycles. The first-order chi connectivity index (χ1) is 6.86. The Balaban J connectivity index is 3.45. The Labute approximate surface area is 91.4 Å². The third kappa shape index (κ3) is 2.07. The van der Waals surface area contributed by atoms with Crippen LogP contribution in [-0.2, 0) is 4.79 Å². The van der Waals surface area contributed by atoms with E-state index >= 15 is 0 Å². The molecule has 0 heterocycles. The number of carboxylic acids is 1. The summed E-state index contributed by atoms with van der Waals surface area (Å²) in [6.07, 6.45) is 0. The van der Waals surface area contributed by atoms with Crippen LogP contribution in [0, 0.1) is 11.6 Å². The van der Waals surface area contributed by atoms with Crippen LogP contribution >= 0.6 is 15.9 Å². The van der Waals surface area contributed by atoms with Gasteiger partial charge in [0.15, 0.2) is 11.6 Å². The molecule has 0 aliphatic rings. The Morgan fingerprint density at radius 2 is 2.07 bits per heavy atom. The predicted octanol–water partition coefficient (Wildman–Crippen LogP) is 1.52. The molecule has 0 radical (unpaired) electrons. The molecule has 0 fully saturated rings. The second kappa shape index (κ2) is 4.11.